The number of nitrogens with zero attached hydrogens (tertiary/aromatic N) is 3. The van der Waals surface area contributed by atoms with Crippen LogP contribution in [-0.2, 0) is 14.3 Å². The van der Waals surface area contributed by atoms with Gasteiger partial charge in [-0.05, 0) is 30.5 Å². The number of anilines is 2. The number of benzene rings is 1. The van der Waals surface area contributed by atoms with Crippen molar-refractivity contribution in [2.45, 2.75) is 38.6 Å². The Labute approximate surface area is 195 Å². The zero-order valence-electron chi connectivity index (χ0n) is 19.6. The molecule has 1 aliphatic heterocycles. The van der Waals surface area contributed by atoms with Crippen molar-refractivity contribution < 1.29 is 24.1 Å². The van der Waals surface area contributed by atoms with Crippen LogP contribution in [0, 0.1) is 0 Å². The number of rotatable bonds is 12. The largest absolute Gasteiger partial charge is 0.481 e. The highest BCUT2D eigenvalue weighted by Gasteiger charge is 2.25. The van der Waals surface area contributed by atoms with Crippen LogP contribution in [0.2, 0.25) is 0 Å². The number of aliphatic carboxylic acids is 1. The first-order valence-corrected chi connectivity index (χ1v) is 11.4. The van der Waals surface area contributed by atoms with Gasteiger partial charge in [-0.2, -0.15) is 0 Å². The van der Waals surface area contributed by atoms with Gasteiger partial charge in [-0.1, -0.05) is 19.1 Å². The summed E-state index contributed by atoms with van der Waals surface area (Å²) in [5, 5.41) is 12.8. The van der Waals surface area contributed by atoms with Gasteiger partial charge in [0.1, 0.15) is 0 Å². The third-order valence-electron chi connectivity index (χ3n) is 5.75. The van der Waals surface area contributed by atoms with E-state index in [1.54, 1.807) is 19.5 Å². The quantitative estimate of drug-likeness (QED) is 0.493. The molecule has 0 unspecified atom stereocenters. The monoisotopic (exact) mass is 458 g/mol. The lowest BCUT2D eigenvalue weighted by molar-refractivity contribution is -0.137. The first-order valence-electron chi connectivity index (χ1n) is 11.4. The van der Waals surface area contributed by atoms with Crippen molar-refractivity contribution >= 4 is 17.3 Å². The molecule has 0 saturated carbocycles. The number of nitrogens with one attached hydrogen (secondary N) is 1. The molecule has 1 fully saturated rings. The van der Waals surface area contributed by atoms with Gasteiger partial charge < -0.3 is 24.6 Å². The minimum absolute atomic E-state index is 0.000534. The van der Waals surface area contributed by atoms with Crippen molar-refractivity contribution in [1.82, 2.24) is 14.9 Å². The van der Waals surface area contributed by atoms with E-state index in [4.69, 9.17) is 14.2 Å². The second kappa shape index (κ2) is 12.5. The third kappa shape index (κ3) is 6.86. The van der Waals surface area contributed by atoms with Crippen LogP contribution < -0.4 is 10.1 Å². The lowest BCUT2D eigenvalue weighted by Crippen LogP contribution is -2.39. The summed E-state index contributed by atoms with van der Waals surface area (Å²) in [5.41, 5.74) is 3.69. The van der Waals surface area contributed by atoms with Crippen LogP contribution in [0.3, 0.4) is 0 Å². The van der Waals surface area contributed by atoms with E-state index in [-0.39, 0.29) is 18.4 Å². The molecule has 1 saturated heterocycles. The van der Waals surface area contributed by atoms with Crippen LogP contribution in [0.25, 0.3) is 0 Å². The molecule has 0 radical (unpaired) electrons. The summed E-state index contributed by atoms with van der Waals surface area (Å²) in [4.78, 5) is 22.4. The Morgan fingerprint density at radius 2 is 1.97 bits per heavy atom. The van der Waals surface area contributed by atoms with E-state index >= 15 is 0 Å². The molecule has 180 valence electrons. The number of morpholine rings is 1. The predicted octanol–water partition coefficient (Wildman–Crippen LogP) is 3.61. The number of aromatic nitrogens is 2. The average Bonchev–Trinajstić information content (AvgIpc) is 2.82. The summed E-state index contributed by atoms with van der Waals surface area (Å²) in [6.45, 7) is 8.08. The smallest absolute Gasteiger partial charge is 0.316 e. The summed E-state index contributed by atoms with van der Waals surface area (Å²) in [6.07, 6.45) is 4.31. The Morgan fingerprint density at radius 3 is 2.58 bits per heavy atom. The van der Waals surface area contributed by atoms with Gasteiger partial charge in [-0.3, -0.25) is 9.69 Å². The predicted molar refractivity (Wildman–Crippen MR) is 125 cm³/mol. The van der Waals surface area contributed by atoms with Gasteiger partial charge in [0.25, 0.3) is 0 Å². The molecule has 0 bridgehead atoms. The molecule has 2 atom stereocenters. The molecule has 1 aliphatic rings. The zero-order valence-corrected chi connectivity index (χ0v) is 19.6. The second-order valence-electron chi connectivity index (χ2n) is 7.98. The number of carboxylic acids is 1. The number of methoxy groups -OCH3 is 1. The highest BCUT2D eigenvalue weighted by molar-refractivity contribution is 5.69. The molecule has 0 amide bonds. The molecule has 2 heterocycles. The Kier molecular flexibility index (Phi) is 9.41. The van der Waals surface area contributed by atoms with Gasteiger partial charge in [0.05, 0.1) is 50.9 Å². The normalized spacial score (nSPS) is 16.2. The van der Waals surface area contributed by atoms with Crippen molar-refractivity contribution in [3.63, 3.8) is 0 Å². The van der Waals surface area contributed by atoms with Crippen LogP contribution in [0.1, 0.15) is 49.8 Å². The van der Waals surface area contributed by atoms with Gasteiger partial charge in [0.15, 0.2) is 0 Å². The van der Waals surface area contributed by atoms with E-state index in [1.165, 1.54) is 0 Å². The highest BCUT2D eigenvalue weighted by Crippen LogP contribution is 2.35. The molecule has 3 rings (SSSR count). The van der Waals surface area contributed by atoms with Gasteiger partial charge in [0, 0.05) is 37.8 Å². The van der Waals surface area contributed by atoms with Gasteiger partial charge >= 0.3 is 12.0 Å². The minimum Gasteiger partial charge on any atom is -0.481 e. The number of ether oxygens (including phenoxy) is 3. The first-order chi connectivity index (χ1) is 16.0. The molecule has 1 aromatic heterocycles. The van der Waals surface area contributed by atoms with Crippen molar-refractivity contribution in [3.8, 4) is 6.01 Å². The number of carbonyl (C=O) groups is 1. The molecule has 0 aliphatic carbocycles. The fourth-order valence-corrected chi connectivity index (χ4v) is 4.22. The van der Waals surface area contributed by atoms with Crippen LogP contribution in [0.4, 0.5) is 11.4 Å². The number of hydrogen-bond donors (Lipinski definition) is 2. The lowest BCUT2D eigenvalue weighted by atomic mass is 9.91. The van der Waals surface area contributed by atoms with Crippen LogP contribution in [-0.4, -0.2) is 72.6 Å². The summed E-state index contributed by atoms with van der Waals surface area (Å²) >= 11 is 0. The SMILES string of the molecule is CCOc1ncc(Nc2cc([C@@H](COC)CC(=O)O)ccc2[C@@H](CC)N2CCOCC2)cn1. The van der Waals surface area contributed by atoms with E-state index < -0.39 is 5.97 Å². The van der Waals surface area contributed by atoms with Crippen LogP contribution >= 0.6 is 0 Å². The second-order valence-corrected chi connectivity index (χ2v) is 7.98. The molecule has 9 heteroatoms. The number of carboxylic acid groups (broad SMARTS) is 1. The van der Waals surface area contributed by atoms with E-state index in [0.29, 0.717) is 19.2 Å². The molecular formula is C24H34N4O5. The molecule has 2 N–H and O–H groups in total. The maximum Gasteiger partial charge on any atom is 0.316 e. The maximum absolute atomic E-state index is 11.4. The minimum atomic E-state index is -0.852. The van der Waals surface area contributed by atoms with Gasteiger partial charge in [-0.25, -0.2) is 9.97 Å². The fourth-order valence-electron chi connectivity index (χ4n) is 4.22. The van der Waals surface area contributed by atoms with Crippen LogP contribution in [0.15, 0.2) is 30.6 Å². The molecule has 9 nitrogen and oxygen atoms in total. The molecule has 2 aromatic rings. The summed E-state index contributed by atoms with van der Waals surface area (Å²) in [6, 6.07) is 6.68. The fraction of sp³-hybridized carbons (Fsp3) is 0.542. The summed E-state index contributed by atoms with van der Waals surface area (Å²) < 4.78 is 16.2. The standard InChI is InChI=1S/C24H34N4O5/c1-4-22(28-8-10-32-11-9-28)20-7-6-17(18(16-31-3)13-23(29)30)12-21(20)27-19-14-25-24(26-15-19)33-5-2/h6-7,12,14-15,18,22,27H,4-5,8-11,13,16H2,1-3H3,(H,29,30)/t18-,22-/m1/s1. The Hall–Kier alpha value is -2.75. The summed E-state index contributed by atoms with van der Waals surface area (Å²) in [7, 11) is 1.59. The van der Waals surface area contributed by atoms with E-state index in [9.17, 15) is 9.90 Å². The Morgan fingerprint density at radius 1 is 1.24 bits per heavy atom. The Bertz CT molecular complexity index is 887. The van der Waals surface area contributed by atoms with Crippen LogP contribution in [0.5, 0.6) is 6.01 Å². The first kappa shape index (κ1) is 24.9. The highest BCUT2D eigenvalue weighted by atomic mass is 16.5. The van der Waals surface area contributed by atoms with Crippen molar-refractivity contribution in [2.24, 2.45) is 0 Å². The molecular weight excluding hydrogens is 424 g/mol. The molecule has 0 spiro atoms. The summed E-state index contributed by atoms with van der Waals surface area (Å²) in [5.74, 6) is -1.10. The maximum atomic E-state index is 11.4. The lowest BCUT2D eigenvalue weighted by Gasteiger charge is -2.35. The average molecular weight is 459 g/mol. The molecule has 33 heavy (non-hydrogen) atoms. The van der Waals surface area contributed by atoms with Crippen molar-refractivity contribution in [3.05, 3.63) is 41.7 Å². The van der Waals surface area contributed by atoms with Crippen molar-refractivity contribution in [2.75, 3.05) is 51.9 Å². The Balaban J connectivity index is 1.97. The van der Waals surface area contributed by atoms with E-state index in [1.807, 2.05) is 19.1 Å². The third-order valence-corrected chi connectivity index (χ3v) is 5.75. The van der Waals surface area contributed by atoms with Gasteiger partial charge in [0.2, 0.25) is 0 Å². The van der Waals surface area contributed by atoms with E-state index in [0.717, 1.165) is 55.2 Å². The zero-order chi connectivity index (χ0) is 23.6. The topological polar surface area (TPSA) is 106 Å². The number of hydrogen-bond acceptors (Lipinski definition) is 8. The van der Waals surface area contributed by atoms with Crippen molar-refractivity contribution in [1.29, 1.82) is 0 Å². The molecule has 1 aromatic carbocycles. The van der Waals surface area contributed by atoms with Gasteiger partial charge in [-0.15, -0.1) is 0 Å². The van der Waals surface area contributed by atoms with E-state index in [2.05, 4.69) is 33.2 Å².